The van der Waals surface area contributed by atoms with Crippen molar-refractivity contribution in [1.82, 2.24) is 0 Å². The second kappa shape index (κ2) is 2.96. The van der Waals surface area contributed by atoms with Crippen LogP contribution in [-0.4, -0.2) is 23.4 Å². The monoisotopic (exact) mass is 195 g/mol. The predicted molar refractivity (Wildman–Crippen MR) is 51.5 cm³/mol. The fraction of sp³-hybridized carbons (Fsp3) is 0.222. The van der Waals surface area contributed by atoms with Crippen LogP contribution in [0.3, 0.4) is 0 Å². The lowest BCUT2D eigenvalue weighted by atomic mass is 10.2. The van der Waals surface area contributed by atoms with E-state index in [1.807, 2.05) is 18.0 Å². The molecule has 1 aliphatic heterocycles. The molecule has 0 fully saturated rings. The Morgan fingerprint density at radius 3 is 3.00 bits per heavy atom. The summed E-state index contributed by atoms with van der Waals surface area (Å²) in [6, 6.07) is 5.27. The van der Waals surface area contributed by atoms with Gasteiger partial charge in [-0.1, -0.05) is 0 Å². The molecule has 1 atom stereocenters. The van der Waals surface area contributed by atoms with Gasteiger partial charge in [-0.3, -0.25) is 9.00 Å². The number of nitrogens with zero attached hydrogens (tertiary/aromatic N) is 1. The van der Waals surface area contributed by atoms with Crippen molar-refractivity contribution in [1.29, 1.82) is 0 Å². The van der Waals surface area contributed by atoms with E-state index in [0.717, 1.165) is 16.9 Å². The van der Waals surface area contributed by atoms with Crippen molar-refractivity contribution >= 4 is 22.8 Å². The molecule has 0 saturated heterocycles. The Hall–Kier alpha value is -1.16. The smallest absolute Gasteiger partial charge is 0.150 e. The summed E-state index contributed by atoms with van der Waals surface area (Å²) in [6.45, 7) is 0. The van der Waals surface area contributed by atoms with Crippen LogP contribution in [0.4, 0.5) is 5.69 Å². The van der Waals surface area contributed by atoms with Crippen LogP contribution in [0.2, 0.25) is 0 Å². The largest absolute Gasteiger partial charge is 0.361 e. The van der Waals surface area contributed by atoms with Crippen molar-refractivity contribution in [2.45, 2.75) is 4.90 Å². The number of rotatable bonds is 1. The van der Waals surface area contributed by atoms with Crippen molar-refractivity contribution < 1.29 is 9.00 Å². The predicted octanol–water partition coefficient (Wildman–Crippen LogP) is 1.01. The van der Waals surface area contributed by atoms with Crippen LogP contribution < -0.4 is 4.90 Å². The van der Waals surface area contributed by atoms with E-state index in [2.05, 4.69) is 0 Å². The highest BCUT2D eigenvalue weighted by Gasteiger charge is 2.22. The molecule has 1 aliphatic rings. The summed E-state index contributed by atoms with van der Waals surface area (Å²) >= 11 is 0. The van der Waals surface area contributed by atoms with Crippen molar-refractivity contribution in [3.63, 3.8) is 0 Å². The highest BCUT2D eigenvalue weighted by atomic mass is 32.2. The summed E-state index contributed by atoms with van der Waals surface area (Å²) in [6.07, 6.45) is 0.774. The Balaban J connectivity index is 2.58. The molecular weight excluding hydrogens is 186 g/mol. The SMILES string of the molecule is CN1CS(=O)c2cc(C=O)ccc21. The van der Waals surface area contributed by atoms with Crippen molar-refractivity contribution in [2.75, 3.05) is 17.8 Å². The molecule has 3 nitrogen and oxygen atoms in total. The van der Waals surface area contributed by atoms with E-state index in [1.54, 1.807) is 12.1 Å². The molecule has 0 aromatic heterocycles. The van der Waals surface area contributed by atoms with Gasteiger partial charge in [0.1, 0.15) is 6.29 Å². The van der Waals surface area contributed by atoms with Gasteiger partial charge >= 0.3 is 0 Å². The van der Waals surface area contributed by atoms with E-state index in [0.29, 0.717) is 11.4 Å². The Labute approximate surface area is 78.8 Å². The number of fused-ring (bicyclic) bond motifs is 1. The average molecular weight is 195 g/mol. The van der Waals surface area contributed by atoms with Crippen LogP contribution >= 0.6 is 0 Å². The number of aldehydes is 1. The summed E-state index contributed by atoms with van der Waals surface area (Å²) in [5.74, 6) is 0.525. The Morgan fingerprint density at radius 2 is 2.31 bits per heavy atom. The summed E-state index contributed by atoms with van der Waals surface area (Å²) in [4.78, 5) is 13.2. The number of benzene rings is 1. The first-order valence-corrected chi connectivity index (χ1v) is 5.23. The Kier molecular flexibility index (Phi) is 1.92. The van der Waals surface area contributed by atoms with Crippen LogP contribution in [0.25, 0.3) is 0 Å². The molecule has 2 rings (SSSR count). The van der Waals surface area contributed by atoms with Crippen LogP contribution in [0.15, 0.2) is 23.1 Å². The fourth-order valence-electron chi connectivity index (χ4n) is 1.42. The first kappa shape index (κ1) is 8.44. The molecule has 1 aromatic rings. The van der Waals surface area contributed by atoms with Gasteiger partial charge in [0, 0.05) is 12.6 Å². The molecule has 13 heavy (non-hydrogen) atoms. The third-order valence-corrected chi connectivity index (χ3v) is 3.53. The van der Waals surface area contributed by atoms with Gasteiger partial charge in [-0.25, -0.2) is 0 Å². The minimum Gasteiger partial charge on any atom is -0.361 e. The third kappa shape index (κ3) is 1.27. The molecule has 0 spiro atoms. The molecule has 0 aliphatic carbocycles. The molecule has 4 heteroatoms. The van der Waals surface area contributed by atoms with Crippen LogP contribution in [0.5, 0.6) is 0 Å². The molecule has 68 valence electrons. The summed E-state index contributed by atoms with van der Waals surface area (Å²) in [5, 5.41) is 0. The molecule has 1 unspecified atom stereocenters. The number of hydrogen-bond donors (Lipinski definition) is 0. The zero-order valence-electron chi connectivity index (χ0n) is 7.19. The van der Waals surface area contributed by atoms with E-state index in [1.165, 1.54) is 0 Å². The second-order valence-electron chi connectivity index (χ2n) is 3.02. The third-order valence-electron chi connectivity index (χ3n) is 2.09. The average Bonchev–Trinajstić information content (AvgIpc) is 2.42. The first-order chi connectivity index (χ1) is 6.22. The van der Waals surface area contributed by atoms with Gasteiger partial charge in [0.2, 0.25) is 0 Å². The summed E-state index contributed by atoms with van der Waals surface area (Å²) in [7, 11) is 0.920. The van der Waals surface area contributed by atoms with E-state index in [4.69, 9.17) is 0 Å². The standard InChI is InChI=1S/C9H9NO2S/c1-10-6-13(12)9-4-7(5-11)2-3-8(9)10/h2-5H,6H2,1H3. The van der Waals surface area contributed by atoms with Crippen molar-refractivity contribution in [3.05, 3.63) is 23.8 Å². The maximum Gasteiger partial charge on any atom is 0.150 e. The quantitative estimate of drug-likeness (QED) is 0.628. The molecule has 1 aromatic carbocycles. The molecule has 0 amide bonds. The Morgan fingerprint density at radius 1 is 1.54 bits per heavy atom. The fourth-order valence-corrected chi connectivity index (χ4v) is 2.77. The van der Waals surface area contributed by atoms with Gasteiger partial charge in [-0.2, -0.15) is 0 Å². The highest BCUT2D eigenvalue weighted by molar-refractivity contribution is 7.85. The normalized spacial score (nSPS) is 20.1. The van der Waals surface area contributed by atoms with E-state index >= 15 is 0 Å². The maximum absolute atomic E-state index is 11.5. The summed E-state index contributed by atoms with van der Waals surface area (Å²) < 4.78 is 11.5. The molecule has 1 heterocycles. The van der Waals surface area contributed by atoms with E-state index in [-0.39, 0.29) is 0 Å². The topological polar surface area (TPSA) is 37.4 Å². The van der Waals surface area contributed by atoms with Gasteiger partial charge < -0.3 is 4.90 Å². The zero-order valence-corrected chi connectivity index (χ0v) is 8.00. The van der Waals surface area contributed by atoms with Gasteiger partial charge in [0.15, 0.2) is 0 Å². The molecular formula is C9H9NO2S. The first-order valence-electron chi connectivity index (χ1n) is 3.91. The second-order valence-corrected chi connectivity index (χ2v) is 4.41. The minimum absolute atomic E-state index is 0.525. The van der Waals surface area contributed by atoms with Gasteiger partial charge in [-0.05, 0) is 18.2 Å². The van der Waals surface area contributed by atoms with Gasteiger partial charge in [0.25, 0.3) is 0 Å². The molecule has 0 saturated carbocycles. The van der Waals surface area contributed by atoms with Crippen molar-refractivity contribution in [3.8, 4) is 0 Å². The van der Waals surface area contributed by atoms with Crippen LogP contribution in [0.1, 0.15) is 10.4 Å². The van der Waals surface area contributed by atoms with Crippen LogP contribution in [0, 0.1) is 0 Å². The van der Waals surface area contributed by atoms with E-state index in [9.17, 15) is 9.00 Å². The number of carbonyl (C=O) groups excluding carboxylic acids is 1. The van der Waals surface area contributed by atoms with Gasteiger partial charge in [0.05, 0.1) is 27.3 Å². The number of anilines is 1. The lowest BCUT2D eigenvalue weighted by Crippen LogP contribution is -2.13. The lowest BCUT2D eigenvalue weighted by Gasteiger charge is -2.08. The number of hydrogen-bond acceptors (Lipinski definition) is 3. The summed E-state index contributed by atoms with van der Waals surface area (Å²) in [5.41, 5.74) is 1.55. The molecule has 0 radical (unpaired) electrons. The van der Waals surface area contributed by atoms with Gasteiger partial charge in [-0.15, -0.1) is 0 Å². The highest BCUT2D eigenvalue weighted by Crippen LogP contribution is 2.30. The van der Waals surface area contributed by atoms with Crippen LogP contribution in [-0.2, 0) is 10.8 Å². The maximum atomic E-state index is 11.5. The van der Waals surface area contributed by atoms with E-state index < -0.39 is 10.8 Å². The number of carbonyl (C=O) groups is 1. The Bertz CT molecular complexity index is 389. The van der Waals surface area contributed by atoms with Crippen molar-refractivity contribution in [2.24, 2.45) is 0 Å². The minimum atomic E-state index is -0.973. The molecule has 0 N–H and O–H groups in total. The lowest BCUT2D eigenvalue weighted by molar-refractivity contribution is 0.112. The molecule has 0 bridgehead atoms. The zero-order chi connectivity index (χ0) is 9.42.